The minimum atomic E-state index is -0.0743. The van der Waals surface area contributed by atoms with Crippen LogP contribution in [-0.4, -0.2) is 42.5 Å². The van der Waals surface area contributed by atoms with Crippen molar-refractivity contribution in [1.82, 2.24) is 10.2 Å². The van der Waals surface area contributed by atoms with E-state index in [1.807, 2.05) is 42.2 Å². The Bertz CT molecular complexity index is 518. The lowest BCUT2D eigenvalue weighted by atomic mass is 10.0. The predicted molar refractivity (Wildman–Crippen MR) is 89.1 cm³/mol. The van der Waals surface area contributed by atoms with Gasteiger partial charge < -0.3 is 15.0 Å². The van der Waals surface area contributed by atoms with Gasteiger partial charge in [-0.25, -0.2) is 0 Å². The summed E-state index contributed by atoms with van der Waals surface area (Å²) in [7, 11) is 0. The van der Waals surface area contributed by atoms with E-state index in [1.165, 1.54) is 6.92 Å². The summed E-state index contributed by atoms with van der Waals surface area (Å²) in [5, 5.41) is 2.91. The van der Waals surface area contributed by atoms with E-state index in [4.69, 9.17) is 4.74 Å². The smallest absolute Gasteiger partial charge is 0.225 e. The van der Waals surface area contributed by atoms with E-state index in [0.29, 0.717) is 19.6 Å². The fourth-order valence-corrected chi connectivity index (χ4v) is 2.89. The van der Waals surface area contributed by atoms with Gasteiger partial charge in [0, 0.05) is 32.0 Å². The van der Waals surface area contributed by atoms with Gasteiger partial charge in [-0.15, -0.1) is 0 Å². The highest BCUT2D eigenvalue weighted by Gasteiger charge is 2.26. The van der Waals surface area contributed by atoms with Crippen molar-refractivity contribution in [3.05, 3.63) is 30.3 Å². The summed E-state index contributed by atoms with van der Waals surface area (Å²) in [6, 6.07) is 9.71. The van der Waals surface area contributed by atoms with Gasteiger partial charge in [-0.1, -0.05) is 25.1 Å². The molecule has 1 heterocycles. The van der Waals surface area contributed by atoms with Crippen LogP contribution in [0.1, 0.15) is 33.1 Å². The van der Waals surface area contributed by atoms with Gasteiger partial charge in [-0.2, -0.15) is 0 Å². The van der Waals surface area contributed by atoms with E-state index in [2.05, 4.69) is 5.32 Å². The Morgan fingerprint density at radius 2 is 2.09 bits per heavy atom. The number of nitrogens with zero attached hydrogens (tertiary/aromatic N) is 1. The minimum Gasteiger partial charge on any atom is -0.494 e. The Kier molecular flexibility index (Phi) is 6.44. The lowest BCUT2D eigenvalue weighted by molar-refractivity contribution is -0.137. The molecule has 1 N–H and O–H groups in total. The number of likely N-dealkylation sites (tertiary alicyclic amines) is 1. The molecule has 5 nitrogen and oxygen atoms in total. The lowest BCUT2D eigenvalue weighted by Gasteiger charge is -2.34. The highest BCUT2D eigenvalue weighted by atomic mass is 16.5. The predicted octanol–water partition coefficient (Wildman–Crippen LogP) is 2.22. The highest BCUT2D eigenvalue weighted by molar-refractivity contribution is 5.79. The molecule has 0 saturated carbocycles. The molecule has 1 aliphatic heterocycles. The van der Waals surface area contributed by atoms with Crippen LogP contribution in [0.15, 0.2) is 30.3 Å². The van der Waals surface area contributed by atoms with Crippen molar-refractivity contribution >= 4 is 11.8 Å². The Morgan fingerprint density at radius 3 is 2.78 bits per heavy atom. The van der Waals surface area contributed by atoms with E-state index >= 15 is 0 Å². The molecule has 1 aliphatic rings. The number of rotatable bonds is 6. The summed E-state index contributed by atoms with van der Waals surface area (Å²) in [6.45, 7) is 5.38. The summed E-state index contributed by atoms with van der Waals surface area (Å²) in [5.74, 6) is 0.871. The second kappa shape index (κ2) is 8.56. The maximum atomic E-state index is 12.5. The summed E-state index contributed by atoms with van der Waals surface area (Å²) in [6.07, 6.45) is 2.56. The Labute approximate surface area is 138 Å². The van der Waals surface area contributed by atoms with Crippen molar-refractivity contribution in [2.45, 2.75) is 39.2 Å². The van der Waals surface area contributed by atoms with Crippen LogP contribution in [0.3, 0.4) is 0 Å². The van der Waals surface area contributed by atoms with Crippen LogP contribution in [0.25, 0.3) is 0 Å². The average Bonchev–Trinajstić information content (AvgIpc) is 2.54. The van der Waals surface area contributed by atoms with Crippen LogP contribution < -0.4 is 10.1 Å². The van der Waals surface area contributed by atoms with Gasteiger partial charge in [0.05, 0.1) is 6.61 Å². The summed E-state index contributed by atoms with van der Waals surface area (Å²) < 4.78 is 5.66. The Balaban J connectivity index is 1.76. The molecule has 2 amide bonds. The fraction of sp³-hybridized carbons (Fsp3) is 0.556. The third kappa shape index (κ3) is 5.58. The number of ether oxygens (including phenoxy) is 1. The first-order valence-electron chi connectivity index (χ1n) is 8.30. The quantitative estimate of drug-likeness (QED) is 0.875. The monoisotopic (exact) mass is 318 g/mol. The number of benzene rings is 1. The van der Waals surface area contributed by atoms with Crippen molar-refractivity contribution in [3.63, 3.8) is 0 Å². The first-order chi connectivity index (χ1) is 11.1. The zero-order valence-corrected chi connectivity index (χ0v) is 14.0. The van der Waals surface area contributed by atoms with Crippen LogP contribution in [-0.2, 0) is 9.59 Å². The maximum absolute atomic E-state index is 12.5. The Hall–Kier alpha value is -2.04. The zero-order valence-electron chi connectivity index (χ0n) is 14.0. The van der Waals surface area contributed by atoms with Crippen LogP contribution in [0.4, 0.5) is 0 Å². The van der Waals surface area contributed by atoms with Crippen molar-refractivity contribution in [2.24, 2.45) is 5.92 Å². The molecule has 1 aromatic rings. The third-order valence-electron chi connectivity index (χ3n) is 4.12. The molecular formula is C18H26N2O3. The first kappa shape index (κ1) is 17.3. The zero-order chi connectivity index (χ0) is 16.7. The minimum absolute atomic E-state index is 0.0337. The molecule has 2 atom stereocenters. The SMILES string of the molecule is CC(=O)N[C@H]1CCCN(C(=O)[C@@H](C)CCOc2ccccc2)C1. The van der Waals surface area contributed by atoms with Crippen molar-refractivity contribution in [3.8, 4) is 5.75 Å². The molecule has 23 heavy (non-hydrogen) atoms. The molecule has 0 aliphatic carbocycles. The molecule has 1 saturated heterocycles. The Morgan fingerprint density at radius 1 is 1.35 bits per heavy atom. The topological polar surface area (TPSA) is 58.6 Å². The standard InChI is InChI=1S/C18H26N2O3/c1-14(10-12-23-17-8-4-3-5-9-17)18(22)20-11-6-7-16(13-20)19-15(2)21/h3-5,8-9,14,16H,6-7,10-13H2,1-2H3,(H,19,21)/t14-,16-/m0/s1. The number of para-hydroxylation sites is 1. The molecule has 0 bridgehead atoms. The molecule has 0 radical (unpaired) electrons. The van der Waals surface area contributed by atoms with Gasteiger partial charge in [-0.3, -0.25) is 9.59 Å². The van der Waals surface area contributed by atoms with Crippen molar-refractivity contribution in [2.75, 3.05) is 19.7 Å². The number of piperidine rings is 1. The van der Waals surface area contributed by atoms with Gasteiger partial charge in [0.2, 0.25) is 11.8 Å². The molecule has 1 aromatic carbocycles. The highest BCUT2D eigenvalue weighted by Crippen LogP contribution is 2.16. The number of hydrogen-bond acceptors (Lipinski definition) is 3. The van der Waals surface area contributed by atoms with Crippen LogP contribution in [0, 0.1) is 5.92 Å². The molecule has 1 fully saturated rings. The second-order valence-corrected chi connectivity index (χ2v) is 6.18. The average molecular weight is 318 g/mol. The number of amides is 2. The fourth-order valence-electron chi connectivity index (χ4n) is 2.89. The molecule has 126 valence electrons. The van der Waals surface area contributed by atoms with E-state index in [1.54, 1.807) is 0 Å². The molecular weight excluding hydrogens is 292 g/mol. The van der Waals surface area contributed by atoms with Gasteiger partial charge >= 0.3 is 0 Å². The third-order valence-corrected chi connectivity index (χ3v) is 4.12. The normalized spacial score (nSPS) is 19.0. The largest absolute Gasteiger partial charge is 0.494 e. The summed E-state index contributed by atoms with van der Waals surface area (Å²) in [5.41, 5.74) is 0. The van der Waals surface area contributed by atoms with Crippen LogP contribution >= 0.6 is 0 Å². The lowest BCUT2D eigenvalue weighted by Crippen LogP contribution is -2.50. The number of carbonyl (C=O) groups excluding carboxylic acids is 2. The van der Waals surface area contributed by atoms with Gasteiger partial charge in [0.1, 0.15) is 5.75 Å². The van der Waals surface area contributed by atoms with Gasteiger partial charge in [0.25, 0.3) is 0 Å². The number of nitrogens with one attached hydrogen (secondary N) is 1. The van der Waals surface area contributed by atoms with Gasteiger partial charge in [-0.05, 0) is 31.4 Å². The van der Waals surface area contributed by atoms with Crippen LogP contribution in [0.5, 0.6) is 5.75 Å². The maximum Gasteiger partial charge on any atom is 0.225 e. The van der Waals surface area contributed by atoms with E-state index in [0.717, 1.165) is 25.1 Å². The van der Waals surface area contributed by atoms with E-state index in [-0.39, 0.29) is 23.8 Å². The van der Waals surface area contributed by atoms with Crippen LogP contribution in [0.2, 0.25) is 0 Å². The van der Waals surface area contributed by atoms with Gasteiger partial charge in [0.15, 0.2) is 0 Å². The molecule has 0 unspecified atom stereocenters. The van der Waals surface area contributed by atoms with E-state index in [9.17, 15) is 9.59 Å². The number of carbonyl (C=O) groups is 2. The van der Waals surface area contributed by atoms with Crippen molar-refractivity contribution < 1.29 is 14.3 Å². The van der Waals surface area contributed by atoms with E-state index < -0.39 is 0 Å². The molecule has 2 rings (SSSR count). The molecule has 0 spiro atoms. The first-order valence-corrected chi connectivity index (χ1v) is 8.30. The van der Waals surface area contributed by atoms with Crippen molar-refractivity contribution in [1.29, 1.82) is 0 Å². The summed E-state index contributed by atoms with van der Waals surface area (Å²) >= 11 is 0. The summed E-state index contributed by atoms with van der Waals surface area (Å²) in [4.78, 5) is 25.6. The number of hydrogen-bond donors (Lipinski definition) is 1. The molecule has 0 aromatic heterocycles. The second-order valence-electron chi connectivity index (χ2n) is 6.18. The molecule has 5 heteroatoms.